The maximum atomic E-state index is 3.95. The van der Waals surface area contributed by atoms with Crippen LogP contribution in [-0.4, -0.2) is 25.0 Å². The Balaban J connectivity index is 2.50. The van der Waals surface area contributed by atoms with Gasteiger partial charge >= 0.3 is 0 Å². The average Bonchev–Trinajstić information content (AvgIpc) is 2.28. The zero-order chi connectivity index (χ0) is 13.4. The van der Waals surface area contributed by atoms with Crippen molar-refractivity contribution >= 4 is 0 Å². The lowest BCUT2D eigenvalue weighted by atomic mass is 10.1. The Bertz CT molecular complexity index is 371. The lowest BCUT2D eigenvalue weighted by molar-refractivity contribution is 0.355. The van der Waals surface area contributed by atoms with Gasteiger partial charge in [0.1, 0.15) is 0 Å². The van der Waals surface area contributed by atoms with E-state index in [9.17, 15) is 0 Å². The van der Waals surface area contributed by atoms with Crippen molar-refractivity contribution in [1.82, 2.24) is 10.2 Å². The smallest absolute Gasteiger partial charge is 0.0234 e. The highest BCUT2D eigenvalue weighted by Gasteiger charge is 2.01. The summed E-state index contributed by atoms with van der Waals surface area (Å²) in [6.45, 7) is 12.2. The first kappa shape index (κ1) is 14.9. The molecule has 0 aromatic heterocycles. The number of nitrogens with one attached hydrogen (secondary N) is 1. The number of hydrogen-bond donors (Lipinski definition) is 1. The van der Waals surface area contributed by atoms with E-state index in [0.717, 1.165) is 26.2 Å². The first-order valence-corrected chi connectivity index (χ1v) is 6.73. The van der Waals surface area contributed by atoms with Crippen LogP contribution in [0.5, 0.6) is 0 Å². The minimum Gasteiger partial charge on any atom is -0.313 e. The van der Waals surface area contributed by atoms with E-state index in [-0.39, 0.29) is 0 Å². The van der Waals surface area contributed by atoms with E-state index >= 15 is 0 Å². The molecule has 0 atom stereocenters. The molecular weight excluding hydrogens is 220 g/mol. The summed E-state index contributed by atoms with van der Waals surface area (Å²) in [6, 6.07) is 8.81. The van der Waals surface area contributed by atoms with Crippen LogP contribution in [0, 0.1) is 0 Å². The Morgan fingerprint density at radius 1 is 1.33 bits per heavy atom. The molecule has 0 spiro atoms. The van der Waals surface area contributed by atoms with Gasteiger partial charge in [-0.25, -0.2) is 0 Å². The van der Waals surface area contributed by atoms with Gasteiger partial charge in [0.2, 0.25) is 0 Å². The third-order valence-electron chi connectivity index (χ3n) is 2.74. The fourth-order valence-electron chi connectivity index (χ4n) is 2.08. The molecule has 0 saturated heterocycles. The molecule has 0 fully saturated rings. The van der Waals surface area contributed by atoms with Gasteiger partial charge in [-0.1, -0.05) is 43.3 Å². The molecule has 0 saturated carbocycles. The van der Waals surface area contributed by atoms with Crippen LogP contribution >= 0.6 is 0 Å². The summed E-state index contributed by atoms with van der Waals surface area (Å²) in [5.41, 5.74) is 3.94. The lowest BCUT2D eigenvalue weighted by Crippen LogP contribution is -2.20. The molecule has 0 heterocycles. The van der Waals surface area contributed by atoms with Crippen molar-refractivity contribution in [3.05, 3.63) is 47.5 Å². The van der Waals surface area contributed by atoms with Crippen molar-refractivity contribution in [3.8, 4) is 0 Å². The Hall–Kier alpha value is -1.12. The van der Waals surface area contributed by atoms with Gasteiger partial charge in [0.05, 0.1) is 0 Å². The molecule has 0 amide bonds. The highest BCUT2D eigenvalue weighted by Crippen LogP contribution is 2.08. The standard InChI is InChI=1S/C16H26N2/c1-5-9-17-11-15-7-6-8-16(10-15)13-18(4)12-14(2)3/h6-8,10,17H,2,5,9,11-13H2,1,3-4H3. The second kappa shape index (κ2) is 8.06. The largest absolute Gasteiger partial charge is 0.313 e. The first-order valence-electron chi connectivity index (χ1n) is 6.73. The summed E-state index contributed by atoms with van der Waals surface area (Å²) in [6.07, 6.45) is 1.18. The van der Waals surface area contributed by atoms with E-state index in [1.54, 1.807) is 0 Å². The molecule has 2 heteroatoms. The molecule has 0 bridgehead atoms. The van der Waals surface area contributed by atoms with E-state index in [2.05, 4.69) is 62.0 Å². The molecule has 18 heavy (non-hydrogen) atoms. The molecular formula is C16H26N2. The second-order valence-corrected chi connectivity index (χ2v) is 5.13. The molecule has 0 aliphatic heterocycles. The minimum absolute atomic E-state index is 0.957. The maximum absolute atomic E-state index is 3.95. The van der Waals surface area contributed by atoms with Gasteiger partial charge in [0, 0.05) is 19.6 Å². The van der Waals surface area contributed by atoms with E-state index < -0.39 is 0 Å². The maximum Gasteiger partial charge on any atom is 0.0234 e. The van der Waals surface area contributed by atoms with Crippen molar-refractivity contribution < 1.29 is 0 Å². The normalized spacial score (nSPS) is 10.9. The van der Waals surface area contributed by atoms with Gasteiger partial charge in [-0.2, -0.15) is 0 Å². The average molecular weight is 246 g/mol. The molecule has 2 nitrogen and oxygen atoms in total. The predicted octanol–water partition coefficient (Wildman–Crippen LogP) is 3.19. The predicted molar refractivity (Wildman–Crippen MR) is 79.6 cm³/mol. The minimum atomic E-state index is 0.957. The molecule has 1 aromatic carbocycles. The quantitative estimate of drug-likeness (QED) is 0.560. The summed E-state index contributed by atoms with van der Waals surface area (Å²) >= 11 is 0. The van der Waals surface area contributed by atoms with Gasteiger partial charge in [-0.3, -0.25) is 4.90 Å². The molecule has 0 aliphatic rings. The first-order chi connectivity index (χ1) is 8.61. The van der Waals surface area contributed by atoms with E-state index in [4.69, 9.17) is 0 Å². The number of benzene rings is 1. The monoisotopic (exact) mass is 246 g/mol. The highest BCUT2D eigenvalue weighted by atomic mass is 15.1. The highest BCUT2D eigenvalue weighted by molar-refractivity contribution is 5.23. The Morgan fingerprint density at radius 3 is 2.72 bits per heavy atom. The van der Waals surface area contributed by atoms with E-state index in [0.29, 0.717) is 0 Å². The zero-order valence-electron chi connectivity index (χ0n) is 12.0. The Labute approximate surface area is 112 Å². The van der Waals surface area contributed by atoms with Crippen LogP contribution in [0.4, 0.5) is 0 Å². The van der Waals surface area contributed by atoms with Gasteiger partial charge in [-0.15, -0.1) is 0 Å². The van der Waals surface area contributed by atoms with Gasteiger partial charge in [0.15, 0.2) is 0 Å². The third kappa shape index (κ3) is 5.99. The van der Waals surface area contributed by atoms with Crippen molar-refractivity contribution in [2.75, 3.05) is 20.1 Å². The summed E-state index contributed by atoms with van der Waals surface area (Å²) in [5.74, 6) is 0. The molecule has 0 unspecified atom stereocenters. The lowest BCUT2D eigenvalue weighted by Gasteiger charge is -2.17. The zero-order valence-corrected chi connectivity index (χ0v) is 12.0. The van der Waals surface area contributed by atoms with Crippen LogP contribution in [-0.2, 0) is 13.1 Å². The second-order valence-electron chi connectivity index (χ2n) is 5.13. The number of rotatable bonds is 8. The van der Waals surface area contributed by atoms with Gasteiger partial charge < -0.3 is 5.32 Å². The summed E-state index contributed by atoms with van der Waals surface area (Å²) in [7, 11) is 2.14. The van der Waals surface area contributed by atoms with E-state index in [1.807, 2.05) is 0 Å². The fraction of sp³-hybridized carbons (Fsp3) is 0.500. The van der Waals surface area contributed by atoms with Gasteiger partial charge in [0.25, 0.3) is 0 Å². The fourth-order valence-corrected chi connectivity index (χ4v) is 2.08. The van der Waals surface area contributed by atoms with Crippen LogP contribution < -0.4 is 5.32 Å². The van der Waals surface area contributed by atoms with Crippen LogP contribution in [0.3, 0.4) is 0 Å². The molecule has 1 N–H and O–H groups in total. The van der Waals surface area contributed by atoms with Crippen LogP contribution in [0.15, 0.2) is 36.4 Å². The summed E-state index contributed by atoms with van der Waals surface area (Å²) < 4.78 is 0. The topological polar surface area (TPSA) is 15.3 Å². The number of nitrogens with zero attached hydrogens (tertiary/aromatic N) is 1. The summed E-state index contributed by atoms with van der Waals surface area (Å²) in [4.78, 5) is 2.29. The molecule has 1 rings (SSSR count). The summed E-state index contributed by atoms with van der Waals surface area (Å²) in [5, 5.41) is 3.44. The third-order valence-corrected chi connectivity index (χ3v) is 2.74. The van der Waals surface area contributed by atoms with Crippen molar-refractivity contribution in [3.63, 3.8) is 0 Å². The molecule has 1 aromatic rings. The van der Waals surface area contributed by atoms with Crippen molar-refractivity contribution in [2.45, 2.75) is 33.4 Å². The Morgan fingerprint density at radius 2 is 2.06 bits per heavy atom. The van der Waals surface area contributed by atoms with E-state index in [1.165, 1.54) is 23.1 Å². The van der Waals surface area contributed by atoms with Crippen molar-refractivity contribution in [2.24, 2.45) is 0 Å². The van der Waals surface area contributed by atoms with Crippen LogP contribution in [0.25, 0.3) is 0 Å². The Kier molecular flexibility index (Phi) is 6.69. The molecule has 0 radical (unpaired) electrons. The van der Waals surface area contributed by atoms with Gasteiger partial charge in [-0.05, 0) is 38.1 Å². The molecule has 0 aliphatic carbocycles. The van der Waals surface area contributed by atoms with Crippen LogP contribution in [0.1, 0.15) is 31.4 Å². The number of hydrogen-bond acceptors (Lipinski definition) is 2. The SMILES string of the molecule is C=C(C)CN(C)Cc1cccc(CNCCC)c1. The number of likely N-dealkylation sites (N-methyl/N-ethyl adjacent to an activating group) is 1. The van der Waals surface area contributed by atoms with Crippen molar-refractivity contribution in [1.29, 1.82) is 0 Å². The molecule has 100 valence electrons. The van der Waals surface area contributed by atoms with Crippen LogP contribution in [0.2, 0.25) is 0 Å².